The van der Waals surface area contributed by atoms with Crippen LogP contribution >= 0.6 is 22.9 Å². The zero-order valence-corrected chi connectivity index (χ0v) is 21.8. The number of halogens is 4. The van der Waals surface area contributed by atoms with Crippen molar-refractivity contribution in [2.75, 3.05) is 19.7 Å². The van der Waals surface area contributed by atoms with Crippen molar-refractivity contribution >= 4 is 34.6 Å². The van der Waals surface area contributed by atoms with Gasteiger partial charge in [0.15, 0.2) is 12.7 Å². The Bertz CT molecular complexity index is 1450. The molecule has 39 heavy (non-hydrogen) atoms. The van der Waals surface area contributed by atoms with Gasteiger partial charge in [0.25, 0.3) is 5.91 Å². The molecule has 0 spiro atoms. The Morgan fingerprint density at radius 2 is 2.05 bits per heavy atom. The van der Waals surface area contributed by atoms with Crippen molar-refractivity contribution in [1.82, 2.24) is 19.9 Å². The van der Waals surface area contributed by atoms with Crippen molar-refractivity contribution in [3.8, 4) is 12.1 Å². The Balaban J connectivity index is 1.16. The molecule has 2 aliphatic heterocycles. The summed E-state index contributed by atoms with van der Waals surface area (Å²) in [4.78, 5) is 32.1. The van der Waals surface area contributed by atoms with E-state index in [1.165, 1.54) is 35.7 Å². The van der Waals surface area contributed by atoms with E-state index in [0.29, 0.717) is 37.3 Å². The lowest BCUT2D eigenvalue weighted by molar-refractivity contribution is -0.139. The van der Waals surface area contributed by atoms with E-state index in [-0.39, 0.29) is 47.1 Å². The molecule has 1 aromatic carbocycles. The minimum atomic E-state index is -4.57. The maximum absolute atomic E-state index is 13.5. The van der Waals surface area contributed by atoms with E-state index in [2.05, 4.69) is 20.1 Å². The van der Waals surface area contributed by atoms with Crippen molar-refractivity contribution in [2.45, 2.75) is 37.5 Å². The molecule has 5 rings (SSSR count). The van der Waals surface area contributed by atoms with Gasteiger partial charge in [0, 0.05) is 47.6 Å². The normalized spacial score (nSPS) is 17.9. The lowest BCUT2D eigenvalue weighted by atomic mass is 9.97. The average Bonchev–Trinajstić information content (AvgIpc) is 3.62. The molecule has 1 saturated heterocycles. The van der Waals surface area contributed by atoms with Gasteiger partial charge in [-0.05, 0) is 31.0 Å². The number of likely N-dealkylation sites (tertiary alicyclic amines) is 1. The van der Waals surface area contributed by atoms with Gasteiger partial charge in [-0.3, -0.25) is 4.79 Å². The van der Waals surface area contributed by atoms with E-state index in [9.17, 15) is 18.0 Å². The molecule has 1 unspecified atom stereocenters. The Hall–Kier alpha value is -3.76. The molecule has 2 aliphatic rings. The van der Waals surface area contributed by atoms with E-state index in [0.717, 1.165) is 11.1 Å². The highest BCUT2D eigenvalue weighted by Gasteiger charge is 2.39. The number of aromatic nitrogens is 3. The third-order valence-corrected chi connectivity index (χ3v) is 7.77. The Morgan fingerprint density at radius 3 is 2.79 bits per heavy atom. The summed E-state index contributed by atoms with van der Waals surface area (Å²) in [5.74, 6) is -0.0796. The third kappa shape index (κ3) is 5.97. The van der Waals surface area contributed by atoms with Crippen LogP contribution in [0, 0.1) is 11.3 Å². The number of piperidine rings is 1. The first kappa shape index (κ1) is 26.8. The first-order chi connectivity index (χ1) is 18.7. The number of oxime groups is 1. The van der Waals surface area contributed by atoms with Crippen LogP contribution in [0.5, 0.6) is 6.01 Å². The van der Waals surface area contributed by atoms with Gasteiger partial charge >= 0.3 is 12.2 Å². The number of carbonyl (C=O) groups excluding carboxylic acids is 1. The molecule has 9 nitrogen and oxygen atoms in total. The van der Waals surface area contributed by atoms with Gasteiger partial charge in [-0.25, -0.2) is 9.97 Å². The number of rotatable bonds is 6. The number of hydrogen-bond acceptors (Lipinski definition) is 9. The number of ether oxygens (including phenoxy) is 1. The highest BCUT2D eigenvalue weighted by atomic mass is 35.5. The van der Waals surface area contributed by atoms with Gasteiger partial charge in [-0.1, -0.05) is 22.8 Å². The number of nitriles is 1. The van der Waals surface area contributed by atoms with Gasteiger partial charge < -0.3 is 14.5 Å². The Kier molecular flexibility index (Phi) is 7.67. The molecular weight excluding hydrogens is 557 g/mol. The SMILES string of the molecule is N#Cc1ccnc(OCC(=O)N2CCC(c3nc(C4=NOC(c5c(Cl)cccc5C(F)(F)F)C4)cs3)CC2)n1. The quantitative estimate of drug-likeness (QED) is 0.400. The summed E-state index contributed by atoms with van der Waals surface area (Å²) in [6.45, 7) is 0.795. The molecule has 3 aromatic rings. The fourth-order valence-electron chi connectivity index (χ4n) is 4.47. The largest absolute Gasteiger partial charge is 0.453 e. The van der Waals surface area contributed by atoms with Gasteiger partial charge in [0.2, 0.25) is 0 Å². The molecule has 0 bridgehead atoms. The van der Waals surface area contributed by atoms with E-state index in [1.807, 2.05) is 11.4 Å². The van der Waals surface area contributed by atoms with Crippen molar-refractivity contribution in [3.05, 3.63) is 68.4 Å². The standard InChI is InChI=1S/C25H20ClF3N6O3S/c26-17-3-1-2-16(25(27,28)29)22(17)20-10-18(34-38-20)19-13-39-23(33-19)14-5-8-35(9-6-14)21(36)12-37-24-31-7-4-15(11-30)32-24/h1-4,7,13-14,20H,5-6,8-10,12H2. The fraction of sp³-hybridized carbons (Fsp3) is 0.360. The van der Waals surface area contributed by atoms with E-state index < -0.39 is 17.8 Å². The van der Waals surface area contributed by atoms with Crippen LogP contribution in [-0.2, 0) is 15.8 Å². The predicted molar refractivity (Wildman–Crippen MR) is 134 cm³/mol. The van der Waals surface area contributed by atoms with Crippen molar-refractivity contribution in [3.63, 3.8) is 0 Å². The number of alkyl halides is 3. The minimum absolute atomic E-state index is 0.0276. The second kappa shape index (κ2) is 11.2. The molecule has 14 heteroatoms. The molecule has 4 heterocycles. The Morgan fingerprint density at radius 1 is 1.26 bits per heavy atom. The molecule has 202 valence electrons. The predicted octanol–water partition coefficient (Wildman–Crippen LogP) is 5.13. The van der Waals surface area contributed by atoms with Crippen LogP contribution < -0.4 is 4.74 Å². The number of carbonyl (C=O) groups is 1. The smallest absolute Gasteiger partial charge is 0.416 e. The van der Waals surface area contributed by atoms with Crippen molar-refractivity contribution < 1.29 is 27.5 Å². The highest BCUT2D eigenvalue weighted by Crippen LogP contribution is 2.42. The number of benzene rings is 1. The molecule has 0 N–H and O–H groups in total. The van der Waals surface area contributed by atoms with Gasteiger partial charge in [0.05, 0.1) is 16.3 Å². The second-order valence-corrected chi connectivity index (χ2v) is 10.2. The van der Waals surface area contributed by atoms with Gasteiger partial charge in [-0.2, -0.15) is 23.4 Å². The zero-order valence-electron chi connectivity index (χ0n) is 20.2. The molecule has 0 aliphatic carbocycles. The van der Waals surface area contributed by atoms with Crippen LogP contribution in [0.25, 0.3) is 0 Å². The maximum atomic E-state index is 13.5. The van der Waals surface area contributed by atoms with E-state index in [1.54, 1.807) is 4.90 Å². The summed E-state index contributed by atoms with van der Waals surface area (Å²) in [5, 5.41) is 15.6. The number of thiazole rings is 1. The molecular formula is C25H20ClF3N6O3S. The van der Waals surface area contributed by atoms with Crippen LogP contribution in [-0.4, -0.2) is 51.2 Å². The summed E-state index contributed by atoms with van der Waals surface area (Å²) < 4.78 is 45.9. The molecule has 0 radical (unpaired) electrons. The molecule has 2 aromatic heterocycles. The first-order valence-corrected chi connectivity index (χ1v) is 13.2. The number of amides is 1. The topological polar surface area (TPSA) is 114 Å². The average molecular weight is 577 g/mol. The first-order valence-electron chi connectivity index (χ1n) is 11.9. The number of hydrogen-bond donors (Lipinski definition) is 0. The summed E-state index contributed by atoms with van der Waals surface area (Å²) >= 11 is 7.56. The highest BCUT2D eigenvalue weighted by molar-refractivity contribution is 7.10. The van der Waals surface area contributed by atoms with Crippen LogP contribution in [0.3, 0.4) is 0 Å². The lowest BCUT2D eigenvalue weighted by Crippen LogP contribution is -2.40. The molecule has 0 saturated carbocycles. The maximum Gasteiger partial charge on any atom is 0.416 e. The molecule has 1 fully saturated rings. The fourth-order valence-corrected chi connectivity index (χ4v) is 5.77. The van der Waals surface area contributed by atoms with Crippen molar-refractivity contribution in [2.24, 2.45) is 5.16 Å². The van der Waals surface area contributed by atoms with Crippen LogP contribution in [0.2, 0.25) is 5.02 Å². The number of nitrogens with zero attached hydrogens (tertiary/aromatic N) is 6. The van der Waals surface area contributed by atoms with Crippen LogP contribution in [0.1, 0.15) is 58.8 Å². The third-order valence-electron chi connectivity index (χ3n) is 6.44. The zero-order chi connectivity index (χ0) is 27.6. The summed E-state index contributed by atoms with van der Waals surface area (Å²) in [7, 11) is 0. The van der Waals surface area contributed by atoms with Crippen molar-refractivity contribution in [1.29, 1.82) is 5.26 Å². The molecule has 1 atom stereocenters. The van der Waals surface area contributed by atoms with E-state index >= 15 is 0 Å². The lowest BCUT2D eigenvalue weighted by Gasteiger charge is -2.31. The van der Waals surface area contributed by atoms with Crippen LogP contribution in [0.4, 0.5) is 13.2 Å². The van der Waals surface area contributed by atoms with Gasteiger partial charge in [0.1, 0.15) is 17.5 Å². The summed E-state index contributed by atoms with van der Waals surface area (Å²) in [5.41, 5.74) is 0.195. The molecule has 1 amide bonds. The van der Waals surface area contributed by atoms with Crippen LogP contribution in [0.15, 0.2) is 41.0 Å². The Labute approximate surface area is 229 Å². The minimum Gasteiger partial charge on any atom is -0.453 e. The van der Waals surface area contributed by atoms with Gasteiger partial charge in [-0.15, -0.1) is 11.3 Å². The monoisotopic (exact) mass is 576 g/mol. The summed E-state index contributed by atoms with van der Waals surface area (Å²) in [6, 6.07) is 6.93. The van der Waals surface area contributed by atoms with E-state index in [4.69, 9.17) is 26.4 Å². The summed E-state index contributed by atoms with van der Waals surface area (Å²) in [6.07, 6.45) is -2.64. The second-order valence-electron chi connectivity index (χ2n) is 8.89.